The lowest BCUT2D eigenvalue weighted by molar-refractivity contribution is -0.116. The molecular weight excluding hydrogens is 483 g/mol. The van der Waals surface area contributed by atoms with Crippen LogP contribution in [0.2, 0.25) is 5.02 Å². The molecule has 2 rings (SSSR count). The van der Waals surface area contributed by atoms with Gasteiger partial charge in [0.25, 0.3) is 0 Å². The first-order valence-corrected chi connectivity index (χ1v) is 9.45. The quantitative estimate of drug-likeness (QED) is 0.296. The van der Waals surface area contributed by atoms with E-state index in [2.05, 4.69) is 27.0 Å². The van der Waals surface area contributed by atoms with Gasteiger partial charge in [0, 0.05) is 35.1 Å². The van der Waals surface area contributed by atoms with Crippen LogP contribution in [0.5, 0.6) is 0 Å². The average molecular weight is 507 g/mol. The minimum Gasteiger partial charge on any atom is -0.357 e. The third-order valence-corrected chi connectivity index (χ3v) is 4.77. The van der Waals surface area contributed by atoms with E-state index < -0.39 is 0 Å². The Labute approximate surface area is 180 Å². The normalized spacial score (nSPS) is 10.8. The summed E-state index contributed by atoms with van der Waals surface area (Å²) in [5, 5.41) is 11.9. The highest BCUT2D eigenvalue weighted by atomic mass is 127. The van der Waals surface area contributed by atoms with Gasteiger partial charge in [0.2, 0.25) is 5.91 Å². The van der Waals surface area contributed by atoms with E-state index in [1.165, 1.54) is 4.88 Å². The van der Waals surface area contributed by atoms with Crippen LogP contribution in [0.25, 0.3) is 0 Å². The molecule has 0 aliphatic rings. The fourth-order valence-electron chi connectivity index (χ4n) is 2.15. The Hall–Kier alpha value is -1.32. The summed E-state index contributed by atoms with van der Waals surface area (Å²) in [5.74, 6) is 0.648. The standard InChI is InChI=1S/C18H23ClN4OS.HI/c1-3-20-18(22-12-14-6-5-11-25-14)21-10-9-17(24)23-16-8-4-7-15(19)13(16)2;/h4-8,11H,3,9-10,12H2,1-2H3,(H,23,24)(H2,20,21,22);1H. The fourth-order valence-corrected chi connectivity index (χ4v) is 2.95. The molecule has 1 aromatic carbocycles. The van der Waals surface area contributed by atoms with Crippen LogP contribution in [0.1, 0.15) is 23.8 Å². The zero-order valence-corrected chi connectivity index (χ0v) is 18.7. The first-order valence-electron chi connectivity index (χ1n) is 8.19. The lowest BCUT2D eigenvalue weighted by atomic mass is 10.2. The van der Waals surface area contributed by atoms with Crippen LogP contribution in [-0.4, -0.2) is 25.0 Å². The molecule has 5 nitrogen and oxygen atoms in total. The Morgan fingerprint density at radius 1 is 1.23 bits per heavy atom. The van der Waals surface area contributed by atoms with Gasteiger partial charge in [-0.2, -0.15) is 0 Å². The molecule has 0 saturated heterocycles. The molecule has 1 heterocycles. The number of hydrogen-bond donors (Lipinski definition) is 3. The molecule has 0 aliphatic heterocycles. The van der Waals surface area contributed by atoms with Gasteiger partial charge in [-0.05, 0) is 43.0 Å². The third kappa shape index (κ3) is 7.51. The number of benzene rings is 1. The smallest absolute Gasteiger partial charge is 0.226 e. The number of anilines is 1. The van der Waals surface area contributed by atoms with Gasteiger partial charge in [-0.25, -0.2) is 4.99 Å². The Morgan fingerprint density at radius 3 is 2.73 bits per heavy atom. The van der Waals surface area contributed by atoms with E-state index in [1.54, 1.807) is 17.4 Å². The van der Waals surface area contributed by atoms with Crippen LogP contribution in [0.3, 0.4) is 0 Å². The molecular formula is C18H24ClIN4OS. The molecule has 0 radical (unpaired) electrons. The topological polar surface area (TPSA) is 65.5 Å². The van der Waals surface area contributed by atoms with Crippen LogP contribution < -0.4 is 16.0 Å². The van der Waals surface area contributed by atoms with E-state index in [9.17, 15) is 4.79 Å². The van der Waals surface area contributed by atoms with Gasteiger partial charge in [0.05, 0.1) is 6.54 Å². The van der Waals surface area contributed by atoms with Crippen LogP contribution in [0.4, 0.5) is 5.69 Å². The molecule has 3 N–H and O–H groups in total. The van der Waals surface area contributed by atoms with Crippen molar-refractivity contribution in [3.8, 4) is 0 Å². The zero-order valence-electron chi connectivity index (χ0n) is 14.8. The highest BCUT2D eigenvalue weighted by Crippen LogP contribution is 2.22. The Balaban J connectivity index is 0.00000338. The van der Waals surface area contributed by atoms with Crippen LogP contribution >= 0.6 is 46.9 Å². The van der Waals surface area contributed by atoms with E-state index in [-0.39, 0.29) is 29.9 Å². The monoisotopic (exact) mass is 506 g/mol. The van der Waals surface area contributed by atoms with Gasteiger partial charge in [-0.3, -0.25) is 4.79 Å². The number of nitrogens with zero attached hydrogens (tertiary/aromatic N) is 1. The maximum Gasteiger partial charge on any atom is 0.226 e. The van der Waals surface area contributed by atoms with Crippen LogP contribution in [0, 0.1) is 6.92 Å². The van der Waals surface area contributed by atoms with E-state index in [4.69, 9.17) is 11.6 Å². The largest absolute Gasteiger partial charge is 0.357 e. The Kier molecular flexibility index (Phi) is 10.6. The van der Waals surface area contributed by atoms with Crippen molar-refractivity contribution >= 4 is 64.5 Å². The summed E-state index contributed by atoms with van der Waals surface area (Å²) in [5.41, 5.74) is 1.62. The summed E-state index contributed by atoms with van der Waals surface area (Å²) >= 11 is 7.75. The highest BCUT2D eigenvalue weighted by Gasteiger charge is 2.07. The van der Waals surface area contributed by atoms with Gasteiger partial charge in [0.15, 0.2) is 5.96 Å². The molecule has 0 atom stereocenters. The molecule has 0 fully saturated rings. The number of hydrogen-bond acceptors (Lipinski definition) is 3. The molecule has 26 heavy (non-hydrogen) atoms. The predicted octanol–water partition coefficient (Wildman–Crippen LogP) is 4.41. The number of guanidine groups is 1. The zero-order chi connectivity index (χ0) is 18.1. The number of amides is 1. The van der Waals surface area contributed by atoms with Crippen molar-refractivity contribution in [3.05, 3.63) is 51.2 Å². The molecule has 1 amide bonds. The number of carbonyl (C=O) groups is 1. The highest BCUT2D eigenvalue weighted by molar-refractivity contribution is 14.0. The van der Waals surface area contributed by atoms with Crippen LogP contribution in [-0.2, 0) is 11.3 Å². The summed E-state index contributed by atoms with van der Waals surface area (Å²) in [4.78, 5) is 17.8. The molecule has 1 aromatic heterocycles. The predicted molar refractivity (Wildman–Crippen MR) is 122 cm³/mol. The van der Waals surface area contributed by atoms with Crippen molar-refractivity contribution in [1.82, 2.24) is 10.6 Å². The molecule has 142 valence electrons. The van der Waals surface area contributed by atoms with Gasteiger partial charge < -0.3 is 16.0 Å². The average Bonchev–Trinajstić information content (AvgIpc) is 3.10. The number of carbonyl (C=O) groups excluding carboxylic acids is 1. The van der Waals surface area contributed by atoms with Crippen molar-refractivity contribution in [1.29, 1.82) is 0 Å². The lowest BCUT2D eigenvalue weighted by Gasteiger charge is -2.12. The second kappa shape index (κ2) is 12.1. The molecule has 8 heteroatoms. The maximum absolute atomic E-state index is 12.1. The second-order valence-corrected chi connectivity index (χ2v) is 6.85. The Morgan fingerprint density at radius 2 is 2.04 bits per heavy atom. The summed E-state index contributed by atoms with van der Waals surface area (Å²) in [6.45, 7) is 5.79. The summed E-state index contributed by atoms with van der Waals surface area (Å²) < 4.78 is 0. The summed E-state index contributed by atoms with van der Waals surface area (Å²) in [6, 6.07) is 9.54. The molecule has 2 aromatic rings. The van der Waals surface area contributed by atoms with Crippen molar-refractivity contribution in [2.45, 2.75) is 26.8 Å². The molecule has 0 saturated carbocycles. The van der Waals surface area contributed by atoms with Gasteiger partial charge in [-0.15, -0.1) is 35.3 Å². The molecule has 0 spiro atoms. The molecule has 0 aliphatic carbocycles. The van der Waals surface area contributed by atoms with E-state index in [0.29, 0.717) is 30.5 Å². The number of aliphatic imine (C=N–C) groups is 1. The number of nitrogens with one attached hydrogen (secondary N) is 3. The SMILES string of the molecule is CCNC(=NCc1cccs1)NCCC(=O)Nc1cccc(Cl)c1C.I. The fraction of sp³-hybridized carbons (Fsp3) is 0.333. The van der Waals surface area contributed by atoms with Crippen molar-refractivity contribution in [2.75, 3.05) is 18.4 Å². The Bertz CT molecular complexity index is 722. The van der Waals surface area contributed by atoms with Gasteiger partial charge in [-0.1, -0.05) is 23.7 Å². The van der Waals surface area contributed by atoms with Crippen molar-refractivity contribution < 1.29 is 4.79 Å². The van der Waals surface area contributed by atoms with Crippen molar-refractivity contribution in [2.24, 2.45) is 4.99 Å². The van der Waals surface area contributed by atoms with E-state index >= 15 is 0 Å². The lowest BCUT2D eigenvalue weighted by Crippen LogP contribution is -2.38. The summed E-state index contributed by atoms with van der Waals surface area (Å²) in [6.07, 6.45) is 0.343. The van der Waals surface area contributed by atoms with Crippen LogP contribution in [0.15, 0.2) is 40.7 Å². The maximum atomic E-state index is 12.1. The van der Waals surface area contributed by atoms with E-state index in [0.717, 1.165) is 17.8 Å². The number of thiophene rings is 1. The summed E-state index contributed by atoms with van der Waals surface area (Å²) in [7, 11) is 0. The number of halogens is 2. The van der Waals surface area contributed by atoms with Gasteiger partial charge >= 0.3 is 0 Å². The first kappa shape index (κ1) is 22.7. The first-order chi connectivity index (χ1) is 12.1. The van der Waals surface area contributed by atoms with Gasteiger partial charge in [0.1, 0.15) is 0 Å². The molecule has 0 unspecified atom stereocenters. The second-order valence-electron chi connectivity index (χ2n) is 5.41. The molecule has 0 bridgehead atoms. The third-order valence-electron chi connectivity index (χ3n) is 3.50. The minimum atomic E-state index is -0.0630. The number of rotatable bonds is 7. The van der Waals surface area contributed by atoms with E-state index in [1.807, 2.05) is 37.4 Å². The van der Waals surface area contributed by atoms with Crippen molar-refractivity contribution in [3.63, 3.8) is 0 Å². The minimum absolute atomic E-state index is 0.